The summed E-state index contributed by atoms with van der Waals surface area (Å²) >= 11 is 5.96. The van der Waals surface area contributed by atoms with Crippen molar-refractivity contribution in [3.8, 4) is 0 Å². The molecule has 1 saturated heterocycles. The van der Waals surface area contributed by atoms with Crippen LogP contribution in [0.15, 0.2) is 47.4 Å². The maximum atomic E-state index is 12.9. The van der Waals surface area contributed by atoms with Gasteiger partial charge in [0.15, 0.2) is 0 Å². The molecular formula is C24H32ClN3O3S. The smallest absolute Gasteiger partial charge is 0.243 e. The van der Waals surface area contributed by atoms with Gasteiger partial charge in [-0.2, -0.15) is 4.31 Å². The summed E-state index contributed by atoms with van der Waals surface area (Å²) in [5, 5.41) is 3.53. The summed E-state index contributed by atoms with van der Waals surface area (Å²) in [7, 11) is -3.59. The van der Waals surface area contributed by atoms with Gasteiger partial charge in [0.25, 0.3) is 0 Å². The SMILES string of the molecule is CC(C)c1cccc(C(C)C)c1NC(=O)CN1CCN(S(=O)(=O)c2cccc(Cl)c2)CC1. The number of rotatable bonds is 7. The molecule has 0 saturated carbocycles. The van der Waals surface area contributed by atoms with E-state index in [0.717, 1.165) is 16.8 Å². The summed E-state index contributed by atoms with van der Waals surface area (Å²) in [5.74, 6) is 0.514. The van der Waals surface area contributed by atoms with Gasteiger partial charge in [-0.15, -0.1) is 0 Å². The predicted octanol–water partition coefficient (Wildman–Crippen LogP) is 4.53. The molecule has 32 heavy (non-hydrogen) atoms. The van der Waals surface area contributed by atoms with E-state index in [1.54, 1.807) is 18.2 Å². The van der Waals surface area contributed by atoms with E-state index in [0.29, 0.717) is 43.0 Å². The van der Waals surface area contributed by atoms with Gasteiger partial charge in [0, 0.05) is 36.9 Å². The number of sulfonamides is 1. The van der Waals surface area contributed by atoms with E-state index in [4.69, 9.17) is 11.6 Å². The number of para-hydroxylation sites is 1. The van der Waals surface area contributed by atoms with Crippen LogP contribution >= 0.6 is 11.6 Å². The minimum absolute atomic E-state index is 0.0776. The number of hydrogen-bond donors (Lipinski definition) is 1. The molecule has 0 spiro atoms. The lowest BCUT2D eigenvalue weighted by molar-refractivity contribution is -0.117. The molecule has 0 unspecified atom stereocenters. The van der Waals surface area contributed by atoms with Crippen molar-refractivity contribution in [2.75, 3.05) is 38.0 Å². The van der Waals surface area contributed by atoms with Crippen molar-refractivity contribution in [1.82, 2.24) is 9.21 Å². The Labute approximate surface area is 196 Å². The Kier molecular flexibility index (Phi) is 7.98. The zero-order chi connectivity index (χ0) is 23.5. The number of nitrogens with zero attached hydrogens (tertiary/aromatic N) is 2. The first kappa shape index (κ1) is 24.7. The van der Waals surface area contributed by atoms with E-state index in [9.17, 15) is 13.2 Å². The van der Waals surface area contributed by atoms with Gasteiger partial charge in [0.05, 0.1) is 11.4 Å². The van der Waals surface area contributed by atoms with Crippen molar-refractivity contribution >= 4 is 33.2 Å². The molecule has 0 aliphatic carbocycles. The molecule has 1 aliphatic heterocycles. The number of anilines is 1. The Bertz CT molecular complexity index is 1040. The van der Waals surface area contributed by atoms with Crippen molar-refractivity contribution < 1.29 is 13.2 Å². The van der Waals surface area contributed by atoms with Crippen molar-refractivity contribution in [2.45, 2.75) is 44.4 Å². The normalized spacial score (nSPS) is 16.0. The summed E-state index contributed by atoms with van der Waals surface area (Å²) in [6.45, 7) is 10.4. The van der Waals surface area contributed by atoms with E-state index in [1.807, 2.05) is 11.0 Å². The third kappa shape index (κ3) is 5.70. The van der Waals surface area contributed by atoms with Crippen LogP contribution in [0, 0.1) is 0 Å². The number of carbonyl (C=O) groups is 1. The van der Waals surface area contributed by atoms with Crippen LogP contribution in [0.1, 0.15) is 50.7 Å². The van der Waals surface area contributed by atoms with Crippen LogP contribution < -0.4 is 5.32 Å². The van der Waals surface area contributed by atoms with Gasteiger partial charge in [0.2, 0.25) is 15.9 Å². The Morgan fingerprint density at radius 3 is 2.06 bits per heavy atom. The van der Waals surface area contributed by atoms with E-state index in [2.05, 4.69) is 45.1 Å². The van der Waals surface area contributed by atoms with Crippen molar-refractivity contribution in [2.24, 2.45) is 0 Å². The van der Waals surface area contributed by atoms with E-state index in [-0.39, 0.29) is 17.3 Å². The minimum Gasteiger partial charge on any atom is -0.324 e. The third-order valence-electron chi connectivity index (χ3n) is 5.77. The third-order valence-corrected chi connectivity index (χ3v) is 7.90. The molecule has 1 fully saturated rings. The molecule has 174 valence electrons. The number of piperazine rings is 1. The summed E-state index contributed by atoms with van der Waals surface area (Å²) in [6.07, 6.45) is 0. The fourth-order valence-corrected chi connectivity index (χ4v) is 5.71. The number of benzene rings is 2. The summed E-state index contributed by atoms with van der Waals surface area (Å²) in [6, 6.07) is 12.5. The first-order valence-corrected chi connectivity index (χ1v) is 12.8. The van der Waals surface area contributed by atoms with Gasteiger partial charge in [0.1, 0.15) is 0 Å². The molecule has 2 aromatic carbocycles. The Morgan fingerprint density at radius 1 is 0.969 bits per heavy atom. The molecule has 3 rings (SSSR count). The van der Waals surface area contributed by atoms with Crippen LogP contribution in [-0.2, 0) is 14.8 Å². The van der Waals surface area contributed by atoms with Crippen LogP contribution in [0.3, 0.4) is 0 Å². The van der Waals surface area contributed by atoms with Gasteiger partial charge in [-0.25, -0.2) is 8.42 Å². The molecule has 2 aromatic rings. The quantitative estimate of drug-likeness (QED) is 0.636. The van der Waals surface area contributed by atoms with Crippen LogP contribution in [0.2, 0.25) is 5.02 Å². The summed E-state index contributed by atoms with van der Waals surface area (Å²) < 4.78 is 27.2. The highest BCUT2D eigenvalue weighted by Gasteiger charge is 2.29. The van der Waals surface area contributed by atoms with Crippen LogP contribution in [-0.4, -0.2) is 56.3 Å². The average molecular weight is 478 g/mol. The maximum Gasteiger partial charge on any atom is 0.243 e. The molecule has 0 bridgehead atoms. The second-order valence-corrected chi connectivity index (χ2v) is 11.2. The Morgan fingerprint density at radius 2 is 1.53 bits per heavy atom. The largest absolute Gasteiger partial charge is 0.324 e. The zero-order valence-electron chi connectivity index (χ0n) is 19.1. The standard InChI is InChI=1S/C24H32ClN3O3S/c1-17(2)21-9-6-10-22(18(3)4)24(21)26-23(29)16-27-11-13-28(14-12-27)32(30,31)20-8-5-7-19(25)15-20/h5-10,15,17-18H,11-14,16H2,1-4H3,(H,26,29). The minimum atomic E-state index is -3.59. The predicted molar refractivity (Wildman–Crippen MR) is 130 cm³/mol. The van der Waals surface area contributed by atoms with Gasteiger partial charge < -0.3 is 5.32 Å². The second kappa shape index (κ2) is 10.3. The van der Waals surface area contributed by atoms with Crippen LogP contribution in [0.5, 0.6) is 0 Å². The van der Waals surface area contributed by atoms with E-state index < -0.39 is 10.0 Å². The molecule has 1 aliphatic rings. The lowest BCUT2D eigenvalue weighted by Gasteiger charge is -2.33. The monoisotopic (exact) mass is 477 g/mol. The highest BCUT2D eigenvalue weighted by Crippen LogP contribution is 2.32. The number of carbonyl (C=O) groups excluding carboxylic acids is 1. The second-order valence-electron chi connectivity index (χ2n) is 8.81. The number of halogens is 1. The fraction of sp³-hybridized carbons (Fsp3) is 0.458. The van der Waals surface area contributed by atoms with Gasteiger partial charge in [-0.05, 0) is 41.2 Å². The van der Waals surface area contributed by atoms with Crippen molar-refractivity contribution in [1.29, 1.82) is 0 Å². The van der Waals surface area contributed by atoms with Gasteiger partial charge in [-0.1, -0.05) is 63.6 Å². The molecule has 1 N–H and O–H groups in total. The van der Waals surface area contributed by atoms with E-state index in [1.165, 1.54) is 10.4 Å². The van der Waals surface area contributed by atoms with E-state index >= 15 is 0 Å². The fourth-order valence-electron chi connectivity index (χ4n) is 3.98. The van der Waals surface area contributed by atoms with Crippen molar-refractivity contribution in [3.63, 3.8) is 0 Å². The molecular weight excluding hydrogens is 446 g/mol. The summed E-state index contributed by atoms with van der Waals surface area (Å²) in [5.41, 5.74) is 3.16. The van der Waals surface area contributed by atoms with Gasteiger partial charge >= 0.3 is 0 Å². The highest BCUT2D eigenvalue weighted by molar-refractivity contribution is 7.89. The van der Waals surface area contributed by atoms with Crippen LogP contribution in [0.25, 0.3) is 0 Å². The number of nitrogens with one attached hydrogen (secondary N) is 1. The molecule has 0 atom stereocenters. The first-order valence-electron chi connectivity index (χ1n) is 11.0. The highest BCUT2D eigenvalue weighted by atomic mass is 35.5. The average Bonchev–Trinajstić information content (AvgIpc) is 2.74. The molecule has 6 nitrogen and oxygen atoms in total. The number of amides is 1. The molecule has 0 aromatic heterocycles. The lowest BCUT2D eigenvalue weighted by atomic mass is 9.92. The van der Waals surface area contributed by atoms with Crippen molar-refractivity contribution in [3.05, 3.63) is 58.6 Å². The maximum absolute atomic E-state index is 12.9. The lowest BCUT2D eigenvalue weighted by Crippen LogP contribution is -2.50. The van der Waals surface area contributed by atoms with Crippen LogP contribution in [0.4, 0.5) is 5.69 Å². The molecule has 0 radical (unpaired) electrons. The Hall–Kier alpha value is -1.93. The van der Waals surface area contributed by atoms with Gasteiger partial charge in [-0.3, -0.25) is 9.69 Å². The molecule has 1 heterocycles. The zero-order valence-corrected chi connectivity index (χ0v) is 20.7. The summed E-state index contributed by atoms with van der Waals surface area (Å²) in [4.78, 5) is 15.1. The first-order chi connectivity index (χ1) is 15.1. The Balaban J connectivity index is 1.63. The topological polar surface area (TPSA) is 69.7 Å². The molecule has 8 heteroatoms. The number of hydrogen-bond acceptors (Lipinski definition) is 4. The molecule has 1 amide bonds.